The monoisotopic (exact) mass is 592 g/mol. The van der Waals surface area contributed by atoms with E-state index < -0.39 is 22.4 Å². The minimum atomic E-state index is -1.95. The molecule has 7 heteroatoms. The number of rotatable bonds is 12. The molecule has 40 heavy (non-hydrogen) atoms. The summed E-state index contributed by atoms with van der Waals surface area (Å²) in [6.07, 6.45) is 6.28. The summed E-state index contributed by atoms with van der Waals surface area (Å²) in [5.74, 6) is 0.310. The Kier molecular flexibility index (Phi) is 9.77. The van der Waals surface area contributed by atoms with Crippen LogP contribution >= 0.6 is 0 Å². The Morgan fingerprint density at radius 2 is 1.50 bits per heavy atom. The van der Waals surface area contributed by atoms with E-state index in [1.807, 2.05) is 13.8 Å². The second kappa shape index (κ2) is 12.0. The first-order chi connectivity index (χ1) is 18.8. The van der Waals surface area contributed by atoms with Gasteiger partial charge >= 0.3 is 0 Å². The van der Waals surface area contributed by atoms with Crippen LogP contribution in [0.3, 0.4) is 0 Å². The molecule has 0 amide bonds. The molecule has 2 saturated carbocycles. The Bertz CT molecular complexity index is 938. The molecule has 0 spiro atoms. The lowest BCUT2D eigenvalue weighted by molar-refractivity contribution is -0.163. The molecule has 230 valence electrons. The van der Waals surface area contributed by atoms with Gasteiger partial charge in [0, 0.05) is 17.4 Å². The minimum Gasteiger partial charge on any atom is -0.414 e. The van der Waals surface area contributed by atoms with Gasteiger partial charge in [0.1, 0.15) is 0 Å². The van der Waals surface area contributed by atoms with Gasteiger partial charge in [0.2, 0.25) is 0 Å². The number of Topliss-reactive ketones (excluding diaryl/α,β-unsaturated/α-hetero) is 1. The minimum absolute atomic E-state index is 0.0473. The predicted octanol–water partition coefficient (Wildman–Crippen LogP) is 8.79. The normalized spacial score (nSPS) is 36.0. The first-order valence-electron chi connectivity index (χ1n) is 16.8. The molecule has 0 N–H and O–H groups in total. The molecule has 0 radical (unpaired) electrons. The van der Waals surface area contributed by atoms with Crippen molar-refractivity contribution in [1.82, 2.24) is 0 Å². The van der Waals surface area contributed by atoms with Crippen LogP contribution in [0.15, 0.2) is 11.1 Å². The first kappa shape index (κ1) is 32.6. The summed E-state index contributed by atoms with van der Waals surface area (Å²) in [4.78, 5) is 13.5. The van der Waals surface area contributed by atoms with Gasteiger partial charge in [-0.1, -0.05) is 54.0 Å². The summed E-state index contributed by atoms with van der Waals surface area (Å²) in [6, 6.07) is 6.95. The number of hydrogen-bond donors (Lipinski definition) is 0. The fourth-order valence-corrected chi connectivity index (χ4v) is 15.5. The lowest BCUT2D eigenvalue weighted by Crippen LogP contribution is -2.63. The molecule has 0 aromatic heterocycles. The number of carbonyl (C=O) groups excluding carboxylic acids is 1. The fourth-order valence-electron chi connectivity index (χ4n) is 9.39. The van der Waals surface area contributed by atoms with Gasteiger partial charge in [0.05, 0.1) is 18.3 Å². The van der Waals surface area contributed by atoms with Crippen molar-refractivity contribution in [2.75, 3.05) is 6.61 Å². The summed E-state index contributed by atoms with van der Waals surface area (Å²) in [5, 5.41) is 0. The van der Waals surface area contributed by atoms with Gasteiger partial charge in [-0.15, -0.1) is 0 Å². The van der Waals surface area contributed by atoms with Crippen LogP contribution in [0.4, 0.5) is 0 Å². The number of fused-ring (bicyclic) bond motifs is 3. The van der Waals surface area contributed by atoms with E-state index in [1.54, 1.807) is 6.92 Å². The van der Waals surface area contributed by atoms with Crippen molar-refractivity contribution in [1.29, 1.82) is 0 Å². The molecule has 4 rings (SSSR count). The van der Waals surface area contributed by atoms with Crippen LogP contribution in [0.25, 0.3) is 0 Å². The van der Waals surface area contributed by atoms with E-state index in [0.29, 0.717) is 18.4 Å². The summed E-state index contributed by atoms with van der Waals surface area (Å²) in [6.45, 7) is 23.0. The third-order valence-corrected chi connectivity index (χ3v) is 21.7. The average molecular weight is 593 g/mol. The molecule has 6 atom stereocenters. The van der Waals surface area contributed by atoms with Crippen LogP contribution in [0.2, 0.25) is 36.3 Å². The van der Waals surface area contributed by atoms with Crippen molar-refractivity contribution in [2.24, 2.45) is 17.3 Å². The van der Waals surface area contributed by atoms with Gasteiger partial charge in [0.25, 0.3) is 0 Å². The highest BCUT2D eigenvalue weighted by atomic mass is 28.4. The average Bonchev–Trinajstić information content (AvgIpc) is 3.45. The fraction of sp³-hybridized carbons (Fsp3) is 0.909. The number of carbonyl (C=O) groups is 1. The van der Waals surface area contributed by atoms with Gasteiger partial charge in [-0.2, -0.15) is 0 Å². The second-order valence-corrected chi connectivity index (χ2v) is 23.6. The summed E-state index contributed by atoms with van der Waals surface area (Å²) >= 11 is 0. The maximum absolute atomic E-state index is 13.5. The molecule has 0 aromatic carbocycles. The number of ether oxygens (including phenoxy) is 2. The van der Waals surface area contributed by atoms with Crippen molar-refractivity contribution in [3.05, 3.63) is 11.1 Å². The van der Waals surface area contributed by atoms with E-state index in [0.717, 1.165) is 62.2 Å². The van der Waals surface area contributed by atoms with Crippen LogP contribution in [0, 0.1) is 17.3 Å². The van der Waals surface area contributed by atoms with Crippen LogP contribution < -0.4 is 0 Å². The highest BCUT2D eigenvalue weighted by Crippen LogP contribution is 2.67. The third-order valence-electron chi connectivity index (χ3n) is 12.3. The number of ketones is 1. The molecule has 1 saturated heterocycles. The molecule has 0 bridgehead atoms. The number of allylic oxidation sites excluding steroid dienone is 1. The van der Waals surface area contributed by atoms with Gasteiger partial charge < -0.3 is 18.3 Å². The SMILES string of the molecule is CC[Si](CC)(CC)OC1CC[C@@H]2C(=C(C(C)=O)C[C@]3(C)[C@@H]([C@H]4COC(C)(C)O4)CC[C@]23O[Si](CC)(CC)CC)C1. The molecule has 3 aliphatic carbocycles. The Labute approximate surface area is 247 Å². The van der Waals surface area contributed by atoms with E-state index >= 15 is 0 Å². The first-order valence-corrected chi connectivity index (χ1v) is 21.8. The molecule has 4 aliphatic rings. The molecular weight excluding hydrogens is 533 g/mol. The number of hydrogen-bond acceptors (Lipinski definition) is 5. The smallest absolute Gasteiger partial charge is 0.192 e. The quantitative estimate of drug-likeness (QED) is 0.212. The Balaban J connectivity index is 1.80. The van der Waals surface area contributed by atoms with Gasteiger partial charge in [-0.3, -0.25) is 4.79 Å². The van der Waals surface area contributed by atoms with E-state index in [1.165, 1.54) is 23.7 Å². The Morgan fingerprint density at radius 3 is 2.00 bits per heavy atom. The Hall–Kier alpha value is -0.316. The molecule has 1 unspecified atom stereocenters. The summed E-state index contributed by atoms with van der Waals surface area (Å²) in [7, 11) is -3.68. The zero-order chi connectivity index (χ0) is 29.6. The standard InChI is InChI=1S/C33H60O5Si2/c1-11-39(12-2,13-3)37-25-17-18-28-26(21-25)27(24(7)34)22-32(10)29(30-23-35-31(8,9)36-30)19-20-33(28,32)38-40(14-4,15-5)16-6/h25,28-30H,11-23H2,1-10H3/t25?,28-,29-,30-,32-,33+/m1/s1. The maximum Gasteiger partial charge on any atom is 0.192 e. The van der Waals surface area contributed by atoms with Crippen molar-refractivity contribution < 1.29 is 23.1 Å². The second-order valence-electron chi connectivity index (χ2n) is 14.2. The lowest BCUT2D eigenvalue weighted by atomic mass is 9.53. The Morgan fingerprint density at radius 1 is 0.900 bits per heavy atom. The van der Waals surface area contributed by atoms with E-state index in [9.17, 15) is 4.79 Å². The van der Waals surface area contributed by atoms with E-state index in [-0.39, 0.29) is 29.0 Å². The van der Waals surface area contributed by atoms with Crippen LogP contribution in [0.1, 0.15) is 108 Å². The van der Waals surface area contributed by atoms with Gasteiger partial charge in [-0.05, 0) is 107 Å². The van der Waals surface area contributed by atoms with Crippen LogP contribution in [0.5, 0.6) is 0 Å². The molecule has 5 nitrogen and oxygen atoms in total. The molecule has 3 fully saturated rings. The lowest BCUT2D eigenvalue weighted by Gasteiger charge is -2.60. The molecular formula is C33H60O5Si2. The van der Waals surface area contributed by atoms with Crippen LogP contribution in [-0.4, -0.2) is 52.6 Å². The van der Waals surface area contributed by atoms with Crippen molar-refractivity contribution in [2.45, 2.75) is 168 Å². The molecule has 0 aromatic rings. The zero-order valence-corrected chi connectivity index (χ0v) is 29.5. The van der Waals surface area contributed by atoms with E-state index in [2.05, 4.69) is 48.5 Å². The van der Waals surface area contributed by atoms with Crippen LogP contribution in [-0.2, 0) is 23.1 Å². The zero-order valence-electron chi connectivity index (χ0n) is 27.5. The maximum atomic E-state index is 13.5. The third kappa shape index (κ3) is 5.42. The largest absolute Gasteiger partial charge is 0.414 e. The summed E-state index contributed by atoms with van der Waals surface area (Å²) in [5.41, 5.74) is 2.08. The highest BCUT2D eigenvalue weighted by molar-refractivity contribution is 6.74. The highest BCUT2D eigenvalue weighted by Gasteiger charge is 2.68. The van der Waals surface area contributed by atoms with Gasteiger partial charge in [0.15, 0.2) is 28.2 Å². The predicted molar refractivity (Wildman–Crippen MR) is 168 cm³/mol. The van der Waals surface area contributed by atoms with E-state index in [4.69, 9.17) is 18.3 Å². The van der Waals surface area contributed by atoms with Crippen molar-refractivity contribution in [3.63, 3.8) is 0 Å². The topological polar surface area (TPSA) is 54.0 Å². The molecule has 1 heterocycles. The van der Waals surface area contributed by atoms with Crippen molar-refractivity contribution in [3.8, 4) is 0 Å². The summed E-state index contributed by atoms with van der Waals surface area (Å²) < 4.78 is 27.6. The van der Waals surface area contributed by atoms with Gasteiger partial charge in [-0.25, -0.2) is 0 Å². The van der Waals surface area contributed by atoms with Crippen molar-refractivity contribution >= 4 is 22.4 Å². The molecule has 1 aliphatic heterocycles.